The first-order chi connectivity index (χ1) is 28.6. The van der Waals surface area contributed by atoms with E-state index in [4.69, 9.17) is 9.47 Å². The normalized spacial score (nSPS) is 13.1. The van der Waals surface area contributed by atoms with Gasteiger partial charge >= 0.3 is 11.9 Å². The van der Waals surface area contributed by atoms with E-state index in [2.05, 4.69) is 111 Å². The Morgan fingerprint density at radius 3 is 1.12 bits per heavy atom. The molecule has 0 radical (unpaired) electrons. The fourth-order valence-corrected chi connectivity index (χ4v) is 6.29. The Morgan fingerprint density at radius 2 is 0.741 bits per heavy atom. The van der Waals surface area contributed by atoms with Crippen molar-refractivity contribution in [1.82, 2.24) is 0 Å². The molecule has 0 rings (SSSR count). The summed E-state index contributed by atoms with van der Waals surface area (Å²) < 4.78 is 10.6. The summed E-state index contributed by atoms with van der Waals surface area (Å²) in [6.07, 6.45) is 67.6. The summed E-state index contributed by atoms with van der Waals surface area (Å²) in [6, 6.07) is 0. The molecule has 0 amide bonds. The van der Waals surface area contributed by atoms with Gasteiger partial charge in [-0.25, -0.2) is 0 Å². The summed E-state index contributed by atoms with van der Waals surface area (Å²) in [4.78, 5) is 24.4. The summed E-state index contributed by atoms with van der Waals surface area (Å²) >= 11 is 0. The molecule has 0 spiro atoms. The highest BCUT2D eigenvalue weighted by atomic mass is 16.6. The van der Waals surface area contributed by atoms with Crippen LogP contribution < -0.4 is 0 Å². The molecule has 0 aromatic carbocycles. The molecular weight excluding hydrogens is 717 g/mol. The van der Waals surface area contributed by atoms with Crippen molar-refractivity contribution in [3.63, 3.8) is 0 Å². The molecule has 0 bridgehead atoms. The molecule has 58 heavy (non-hydrogen) atoms. The van der Waals surface area contributed by atoms with Crippen LogP contribution in [0.1, 0.15) is 206 Å². The fraction of sp³-hybridized carbons (Fsp3) is 0.660. The van der Waals surface area contributed by atoms with Gasteiger partial charge in [0.05, 0.1) is 6.61 Å². The molecule has 0 aromatic heterocycles. The second kappa shape index (κ2) is 48.2. The average Bonchev–Trinajstić information content (AvgIpc) is 3.23. The maximum atomic E-state index is 12.3. The van der Waals surface area contributed by atoms with Crippen LogP contribution in [-0.2, 0) is 19.1 Å². The molecule has 0 heterocycles. The molecule has 0 fully saturated rings. The molecule has 330 valence electrons. The van der Waals surface area contributed by atoms with E-state index in [9.17, 15) is 14.7 Å². The van der Waals surface area contributed by atoms with E-state index in [1.165, 1.54) is 89.9 Å². The van der Waals surface area contributed by atoms with E-state index in [-0.39, 0.29) is 25.2 Å². The number of esters is 2. The Hall–Kier alpha value is -3.18. The molecule has 0 aliphatic rings. The molecule has 5 nitrogen and oxygen atoms in total. The summed E-state index contributed by atoms with van der Waals surface area (Å²) in [5, 5.41) is 9.61. The zero-order valence-corrected chi connectivity index (χ0v) is 37.5. The number of hydrogen-bond donors (Lipinski definition) is 1. The zero-order valence-electron chi connectivity index (χ0n) is 37.5. The number of rotatable bonds is 42. The molecule has 1 atom stereocenters. The van der Waals surface area contributed by atoms with Crippen LogP contribution in [0.25, 0.3) is 0 Å². The molecule has 0 aliphatic heterocycles. The Labute approximate surface area is 358 Å². The summed E-state index contributed by atoms with van der Waals surface area (Å²) in [5.41, 5.74) is 0. The zero-order chi connectivity index (χ0) is 42.1. The lowest BCUT2D eigenvalue weighted by Crippen LogP contribution is -2.28. The van der Waals surface area contributed by atoms with Crippen LogP contribution in [0.3, 0.4) is 0 Å². The number of unbranched alkanes of at least 4 members (excludes halogenated alkanes) is 18. The molecule has 0 saturated heterocycles. The van der Waals surface area contributed by atoms with Crippen molar-refractivity contribution in [1.29, 1.82) is 0 Å². The summed E-state index contributed by atoms with van der Waals surface area (Å²) in [7, 11) is 0. The maximum absolute atomic E-state index is 12.3. The smallest absolute Gasteiger partial charge is 0.306 e. The van der Waals surface area contributed by atoms with Crippen molar-refractivity contribution in [3.8, 4) is 0 Å². The van der Waals surface area contributed by atoms with Crippen LogP contribution in [0.4, 0.5) is 0 Å². The van der Waals surface area contributed by atoms with Crippen LogP contribution in [-0.4, -0.2) is 36.4 Å². The van der Waals surface area contributed by atoms with E-state index < -0.39 is 6.10 Å². The van der Waals surface area contributed by atoms with Gasteiger partial charge in [0.2, 0.25) is 0 Å². The summed E-state index contributed by atoms with van der Waals surface area (Å²) in [5.74, 6) is -0.617. The first-order valence-corrected chi connectivity index (χ1v) is 23.8. The minimum Gasteiger partial charge on any atom is -0.462 e. The lowest BCUT2D eigenvalue weighted by Gasteiger charge is -2.15. The van der Waals surface area contributed by atoms with E-state index in [1.807, 2.05) is 0 Å². The van der Waals surface area contributed by atoms with E-state index in [0.29, 0.717) is 12.8 Å². The monoisotopic (exact) mass is 805 g/mol. The summed E-state index contributed by atoms with van der Waals surface area (Å²) in [6.45, 7) is 3.98. The number of hydrogen-bond acceptors (Lipinski definition) is 5. The van der Waals surface area contributed by atoms with E-state index >= 15 is 0 Å². The van der Waals surface area contributed by atoms with Gasteiger partial charge in [0, 0.05) is 12.8 Å². The van der Waals surface area contributed by atoms with Crippen molar-refractivity contribution in [2.75, 3.05) is 13.2 Å². The molecule has 5 heteroatoms. The average molecular weight is 805 g/mol. The van der Waals surface area contributed by atoms with Crippen molar-refractivity contribution < 1.29 is 24.2 Å². The van der Waals surface area contributed by atoms with Crippen molar-refractivity contribution in [2.45, 2.75) is 213 Å². The van der Waals surface area contributed by atoms with Gasteiger partial charge < -0.3 is 14.6 Å². The highest BCUT2D eigenvalue weighted by Gasteiger charge is 2.16. The van der Waals surface area contributed by atoms with Gasteiger partial charge in [-0.1, -0.05) is 195 Å². The minimum atomic E-state index is -0.787. The van der Waals surface area contributed by atoms with Gasteiger partial charge in [-0.15, -0.1) is 0 Å². The number of aliphatic hydroxyl groups is 1. The molecular formula is C53H88O5. The minimum absolute atomic E-state index is 0.0805. The second-order valence-corrected chi connectivity index (χ2v) is 15.4. The molecule has 1 unspecified atom stereocenters. The second-order valence-electron chi connectivity index (χ2n) is 15.4. The number of allylic oxidation sites excluding steroid dienone is 16. The van der Waals surface area contributed by atoms with Gasteiger partial charge in [-0.3, -0.25) is 9.59 Å². The quantitative estimate of drug-likeness (QED) is 0.0378. The first-order valence-electron chi connectivity index (χ1n) is 23.8. The lowest BCUT2D eigenvalue weighted by molar-refractivity contribution is -0.161. The molecule has 0 aliphatic carbocycles. The number of carbonyl (C=O) groups excluding carboxylic acids is 2. The third-order valence-electron chi connectivity index (χ3n) is 9.86. The van der Waals surface area contributed by atoms with Gasteiger partial charge in [0.1, 0.15) is 6.61 Å². The van der Waals surface area contributed by atoms with E-state index in [1.54, 1.807) is 0 Å². The van der Waals surface area contributed by atoms with Crippen LogP contribution in [0.15, 0.2) is 97.2 Å². The van der Waals surface area contributed by atoms with Crippen LogP contribution in [0, 0.1) is 0 Å². The number of carbonyl (C=O) groups is 2. The highest BCUT2D eigenvalue weighted by molar-refractivity contribution is 5.70. The topological polar surface area (TPSA) is 72.8 Å². The Morgan fingerprint density at radius 1 is 0.414 bits per heavy atom. The SMILES string of the molecule is CC/C=C\C/C=C\C/C=C\C/C=C\C/C=C\CCCCCCCCCCCC(=O)OC(CO)COC(=O)CCCCCCCC/C=C\C/C=C\C/C=C\CCCCC. The fourth-order valence-electron chi connectivity index (χ4n) is 6.29. The van der Waals surface area contributed by atoms with Gasteiger partial charge in [-0.2, -0.15) is 0 Å². The molecule has 0 aromatic rings. The van der Waals surface area contributed by atoms with Gasteiger partial charge in [-0.05, 0) is 96.3 Å². The molecule has 0 saturated carbocycles. The largest absolute Gasteiger partial charge is 0.462 e. The standard InChI is InChI=1S/C53H88O5/c1-3-5-7-9-11-13-15-17-19-21-23-24-25-26-27-28-30-32-34-36-38-40-42-44-46-48-53(56)58-51(49-54)50-57-52(55)47-45-43-41-39-37-35-33-31-29-22-20-18-16-14-12-10-8-6-4-2/h5,7,11-14,17-20,23-24,26-27,29,31,51,54H,3-4,6,8-10,15-16,21-22,25,28,30,32-50H2,1-2H3/b7-5-,13-11-,14-12-,19-17-,20-18-,24-23-,27-26-,31-29-. The van der Waals surface area contributed by atoms with Crippen LogP contribution in [0.5, 0.6) is 0 Å². The Balaban J connectivity index is 3.59. The Kier molecular flexibility index (Phi) is 45.5. The highest BCUT2D eigenvalue weighted by Crippen LogP contribution is 2.13. The van der Waals surface area contributed by atoms with Crippen molar-refractivity contribution >= 4 is 11.9 Å². The van der Waals surface area contributed by atoms with E-state index in [0.717, 1.165) is 89.9 Å². The molecule has 1 N–H and O–H groups in total. The Bertz CT molecular complexity index is 1140. The number of aliphatic hydroxyl groups excluding tert-OH is 1. The third kappa shape index (κ3) is 45.5. The predicted molar refractivity (Wildman–Crippen MR) is 251 cm³/mol. The van der Waals surface area contributed by atoms with Crippen LogP contribution >= 0.6 is 0 Å². The van der Waals surface area contributed by atoms with Gasteiger partial charge in [0.25, 0.3) is 0 Å². The van der Waals surface area contributed by atoms with Crippen molar-refractivity contribution in [3.05, 3.63) is 97.2 Å². The van der Waals surface area contributed by atoms with Crippen LogP contribution in [0.2, 0.25) is 0 Å². The predicted octanol–water partition coefficient (Wildman–Crippen LogP) is 15.6. The lowest BCUT2D eigenvalue weighted by atomic mass is 10.1. The third-order valence-corrected chi connectivity index (χ3v) is 9.86. The number of ether oxygens (including phenoxy) is 2. The first kappa shape index (κ1) is 54.8. The van der Waals surface area contributed by atoms with Crippen molar-refractivity contribution in [2.24, 2.45) is 0 Å². The van der Waals surface area contributed by atoms with Gasteiger partial charge in [0.15, 0.2) is 6.10 Å². The maximum Gasteiger partial charge on any atom is 0.306 e.